The van der Waals surface area contributed by atoms with Gasteiger partial charge in [0.1, 0.15) is 11.5 Å². The molecule has 2 rings (SSSR count). The number of aromatic hydroxyl groups is 1. The van der Waals surface area contributed by atoms with Crippen molar-refractivity contribution in [2.24, 2.45) is 0 Å². The smallest absolute Gasteiger partial charge is 0.196 e. The summed E-state index contributed by atoms with van der Waals surface area (Å²) in [5.41, 5.74) is 0.631. The third-order valence-electron chi connectivity index (χ3n) is 3.33. The summed E-state index contributed by atoms with van der Waals surface area (Å²) in [6, 6.07) is 9.65. The summed E-state index contributed by atoms with van der Waals surface area (Å²) >= 11 is 0. The number of phenols is 1. The molecule has 128 valence electrons. The molecule has 0 aliphatic rings. The summed E-state index contributed by atoms with van der Waals surface area (Å²) in [4.78, 5) is 12.7. The van der Waals surface area contributed by atoms with Crippen molar-refractivity contribution in [1.82, 2.24) is 0 Å². The average Bonchev–Trinajstić information content (AvgIpc) is 2.57. The first kappa shape index (κ1) is 17.7. The minimum Gasteiger partial charge on any atom is -0.507 e. The van der Waals surface area contributed by atoms with Crippen LogP contribution in [0.3, 0.4) is 0 Å². The number of benzene rings is 2. The van der Waals surface area contributed by atoms with Crippen LogP contribution in [-0.4, -0.2) is 30.7 Å². The molecule has 0 aliphatic heterocycles. The van der Waals surface area contributed by atoms with Crippen molar-refractivity contribution in [3.63, 3.8) is 0 Å². The molecule has 0 spiro atoms. The van der Waals surface area contributed by atoms with Gasteiger partial charge in [0.2, 0.25) is 0 Å². The van der Waals surface area contributed by atoms with E-state index in [2.05, 4.69) is 0 Å². The highest BCUT2D eigenvalue weighted by atomic mass is 16.5. The van der Waals surface area contributed by atoms with E-state index in [1.807, 2.05) is 20.8 Å². The van der Waals surface area contributed by atoms with Crippen molar-refractivity contribution in [2.75, 3.05) is 19.8 Å². The zero-order valence-corrected chi connectivity index (χ0v) is 14.2. The number of hydrogen-bond donors (Lipinski definition) is 1. The van der Waals surface area contributed by atoms with Crippen molar-refractivity contribution in [1.29, 1.82) is 0 Å². The molecule has 0 heterocycles. The third-order valence-corrected chi connectivity index (χ3v) is 3.33. The molecule has 0 saturated heterocycles. The summed E-state index contributed by atoms with van der Waals surface area (Å²) < 4.78 is 16.3. The fourth-order valence-corrected chi connectivity index (χ4v) is 2.31. The normalized spacial score (nSPS) is 10.3. The molecule has 5 heteroatoms. The van der Waals surface area contributed by atoms with Crippen LogP contribution in [0.25, 0.3) is 0 Å². The van der Waals surface area contributed by atoms with Gasteiger partial charge in [0, 0.05) is 11.6 Å². The summed E-state index contributed by atoms with van der Waals surface area (Å²) in [6.45, 7) is 7.06. The second kappa shape index (κ2) is 8.24. The van der Waals surface area contributed by atoms with Gasteiger partial charge in [-0.05, 0) is 51.1 Å². The first-order valence-electron chi connectivity index (χ1n) is 8.00. The number of carbonyl (C=O) groups is 1. The van der Waals surface area contributed by atoms with Crippen molar-refractivity contribution in [2.45, 2.75) is 20.8 Å². The van der Waals surface area contributed by atoms with Crippen LogP contribution in [0.1, 0.15) is 36.7 Å². The molecule has 1 N–H and O–H groups in total. The van der Waals surface area contributed by atoms with Gasteiger partial charge in [-0.25, -0.2) is 0 Å². The van der Waals surface area contributed by atoms with E-state index in [4.69, 9.17) is 14.2 Å². The summed E-state index contributed by atoms with van der Waals surface area (Å²) in [6.07, 6.45) is 0. The molecule has 0 amide bonds. The van der Waals surface area contributed by atoms with Crippen LogP contribution in [-0.2, 0) is 0 Å². The standard InChI is InChI=1S/C19H22O5/c1-4-22-14-8-9-15(16(20)12-14)19(21)13-7-10-17(23-5-2)18(11-13)24-6-3/h7-12,20H,4-6H2,1-3H3. The van der Waals surface area contributed by atoms with Crippen molar-refractivity contribution in [3.05, 3.63) is 47.5 Å². The number of rotatable bonds is 8. The molecular weight excluding hydrogens is 308 g/mol. The van der Waals surface area contributed by atoms with Crippen LogP contribution < -0.4 is 14.2 Å². The van der Waals surface area contributed by atoms with Gasteiger partial charge in [0.05, 0.1) is 25.4 Å². The lowest BCUT2D eigenvalue weighted by Gasteiger charge is -2.12. The molecular formula is C19H22O5. The largest absolute Gasteiger partial charge is 0.507 e. The van der Waals surface area contributed by atoms with Crippen molar-refractivity contribution < 1.29 is 24.1 Å². The molecule has 0 fully saturated rings. The van der Waals surface area contributed by atoms with Gasteiger partial charge >= 0.3 is 0 Å². The Hall–Kier alpha value is -2.69. The highest BCUT2D eigenvalue weighted by molar-refractivity contribution is 6.11. The van der Waals surface area contributed by atoms with E-state index < -0.39 is 0 Å². The van der Waals surface area contributed by atoms with Crippen molar-refractivity contribution >= 4 is 5.78 Å². The zero-order valence-electron chi connectivity index (χ0n) is 14.2. The maximum atomic E-state index is 12.7. The van der Waals surface area contributed by atoms with Gasteiger partial charge in [0.25, 0.3) is 0 Å². The third kappa shape index (κ3) is 3.98. The second-order valence-electron chi connectivity index (χ2n) is 4.97. The predicted molar refractivity (Wildman–Crippen MR) is 91.5 cm³/mol. The van der Waals surface area contributed by atoms with Gasteiger partial charge in [-0.3, -0.25) is 4.79 Å². The van der Waals surface area contributed by atoms with Crippen LogP contribution in [0.15, 0.2) is 36.4 Å². The summed E-state index contributed by atoms with van der Waals surface area (Å²) in [5.74, 6) is 1.22. The quantitative estimate of drug-likeness (QED) is 0.745. The molecule has 0 unspecified atom stereocenters. The number of hydrogen-bond acceptors (Lipinski definition) is 5. The number of ketones is 1. The van der Waals surface area contributed by atoms with Crippen LogP contribution >= 0.6 is 0 Å². The Balaban J connectivity index is 2.33. The second-order valence-corrected chi connectivity index (χ2v) is 4.97. The lowest BCUT2D eigenvalue weighted by molar-refractivity contribution is 0.103. The first-order valence-corrected chi connectivity index (χ1v) is 8.00. The first-order chi connectivity index (χ1) is 11.6. The van der Waals surface area contributed by atoms with Gasteiger partial charge in [-0.15, -0.1) is 0 Å². The Morgan fingerprint density at radius 1 is 0.875 bits per heavy atom. The Labute approximate surface area is 141 Å². The Morgan fingerprint density at radius 3 is 2.17 bits per heavy atom. The molecule has 0 bridgehead atoms. The van der Waals surface area contributed by atoms with Crippen molar-refractivity contribution in [3.8, 4) is 23.0 Å². The highest BCUT2D eigenvalue weighted by Crippen LogP contribution is 2.31. The summed E-state index contributed by atoms with van der Waals surface area (Å²) in [5, 5.41) is 10.1. The Kier molecular flexibility index (Phi) is 6.07. The molecule has 0 atom stereocenters. The van der Waals surface area contributed by atoms with Crippen LogP contribution in [0.2, 0.25) is 0 Å². The lowest BCUT2D eigenvalue weighted by atomic mass is 10.0. The number of carbonyl (C=O) groups excluding carboxylic acids is 1. The van der Waals surface area contributed by atoms with E-state index in [0.29, 0.717) is 42.6 Å². The molecule has 0 radical (unpaired) electrons. The SMILES string of the molecule is CCOc1ccc(C(=O)c2ccc(OCC)c(OCC)c2)c(O)c1. The Bertz CT molecular complexity index is 709. The number of ether oxygens (including phenoxy) is 3. The topological polar surface area (TPSA) is 65.0 Å². The van der Waals surface area contributed by atoms with Crippen LogP contribution in [0, 0.1) is 0 Å². The molecule has 2 aromatic carbocycles. The van der Waals surface area contributed by atoms with E-state index in [1.54, 1.807) is 30.3 Å². The number of phenolic OH excluding ortho intramolecular Hbond substituents is 1. The highest BCUT2D eigenvalue weighted by Gasteiger charge is 2.17. The van der Waals surface area contributed by atoms with E-state index in [-0.39, 0.29) is 17.1 Å². The predicted octanol–water partition coefficient (Wildman–Crippen LogP) is 3.82. The van der Waals surface area contributed by atoms with E-state index in [0.717, 1.165) is 0 Å². The monoisotopic (exact) mass is 330 g/mol. The van der Waals surface area contributed by atoms with E-state index in [1.165, 1.54) is 6.07 Å². The van der Waals surface area contributed by atoms with E-state index in [9.17, 15) is 9.90 Å². The van der Waals surface area contributed by atoms with Crippen LogP contribution in [0.5, 0.6) is 23.0 Å². The van der Waals surface area contributed by atoms with E-state index >= 15 is 0 Å². The maximum Gasteiger partial charge on any atom is 0.196 e. The van der Waals surface area contributed by atoms with Gasteiger partial charge < -0.3 is 19.3 Å². The zero-order chi connectivity index (χ0) is 17.5. The average molecular weight is 330 g/mol. The Morgan fingerprint density at radius 2 is 1.54 bits per heavy atom. The lowest BCUT2D eigenvalue weighted by Crippen LogP contribution is -2.05. The minimum atomic E-state index is -0.292. The maximum absolute atomic E-state index is 12.7. The molecule has 2 aromatic rings. The van der Waals surface area contributed by atoms with Gasteiger partial charge in [-0.1, -0.05) is 0 Å². The van der Waals surface area contributed by atoms with Gasteiger partial charge in [-0.2, -0.15) is 0 Å². The fraction of sp³-hybridized carbons (Fsp3) is 0.316. The summed E-state index contributed by atoms with van der Waals surface area (Å²) in [7, 11) is 0. The minimum absolute atomic E-state index is 0.113. The molecule has 24 heavy (non-hydrogen) atoms. The van der Waals surface area contributed by atoms with Gasteiger partial charge in [0.15, 0.2) is 17.3 Å². The molecule has 0 aliphatic carbocycles. The molecule has 0 saturated carbocycles. The van der Waals surface area contributed by atoms with Crippen LogP contribution in [0.4, 0.5) is 0 Å². The molecule has 5 nitrogen and oxygen atoms in total. The fourth-order valence-electron chi connectivity index (χ4n) is 2.31. The molecule has 0 aromatic heterocycles.